The molecule has 0 aliphatic carbocycles. The molecule has 0 amide bonds. The van der Waals surface area contributed by atoms with Crippen LogP contribution < -0.4 is 16.0 Å². The third kappa shape index (κ3) is 3.74. The van der Waals surface area contributed by atoms with E-state index in [0.29, 0.717) is 12.4 Å². The first kappa shape index (κ1) is 18.4. The van der Waals surface area contributed by atoms with Crippen LogP contribution in [0.3, 0.4) is 0 Å². The summed E-state index contributed by atoms with van der Waals surface area (Å²) in [6, 6.07) is 10.7. The number of carbonyl (C=O) groups is 1. The van der Waals surface area contributed by atoms with Gasteiger partial charge in [-0.2, -0.15) is 0 Å². The van der Waals surface area contributed by atoms with Gasteiger partial charge in [-0.25, -0.2) is 14.3 Å². The van der Waals surface area contributed by atoms with Gasteiger partial charge < -0.3 is 9.47 Å². The number of benzene rings is 1. The molecule has 8 nitrogen and oxygen atoms in total. The molecule has 0 atom stereocenters. The lowest BCUT2D eigenvalue weighted by Gasteiger charge is -2.12. The van der Waals surface area contributed by atoms with Crippen LogP contribution in [-0.4, -0.2) is 26.7 Å². The van der Waals surface area contributed by atoms with E-state index in [1.807, 2.05) is 30.3 Å². The minimum atomic E-state index is -0.681. The summed E-state index contributed by atoms with van der Waals surface area (Å²) >= 11 is 0. The van der Waals surface area contributed by atoms with Crippen LogP contribution in [0.5, 0.6) is 5.75 Å². The summed E-state index contributed by atoms with van der Waals surface area (Å²) in [6.07, 6.45) is 1.46. The Morgan fingerprint density at radius 2 is 1.89 bits per heavy atom. The Morgan fingerprint density at radius 1 is 1.15 bits per heavy atom. The van der Waals surface area contributed by atoms with Crippen molar-refractivity contribution < 1.29 is 14.3 Å². The molecule has 1 aromatic carbocycles. The second-order valence-electron chi connectivity index (χ2n) is 5.82. The number of aryl methyl sites for hydroxylation is 1. The predicted octanol–water partition coefficient (Wildman–Crippen LogP) is 1.24. The number of carbonyl (C=O) groups excluding carboxylic acids is 1. The van der Waals surface area contributed by atoms with Crippen LogP contribution in [-0.2, 0) is 29.7 Å². The SMILES string of the molecule is CCOc1ccnc2c1c(=O)n(CC(=O)OCc1ccccc1)c(=O)n2C. The second-order valence-corrected chi connectivity index (χ2v) is 5.82. The standard InChI is InChI=1S/C19H19N3O5/c1-3-26-14-9-10-20-17-16(14)18(24)22(19(25)21(17)2)11-15(23)27-12-13-7-5-4-6-8-13/h4-10H,3,11-12H2,1-2H3. The van der Waals surface area contributed by atoms with Gasteiger partial charge in [0.15, 0.2) is 5.65 Å². The van der Waals surface area contributed by atoms with Crippen molar-refractivity contribution in [2.45, 2.75) is 20.1 Å². The summed E-state index contributed by atoms with van der Waals surface area (Å²) in [6.45, 7) is 1.71. The van der Waals surface area contributed by atoms with Crippen molar-refractivity contribution >= 4 is 17.0 Å². The predicted molar refractivity (Wildman–Crippen MR) is 98.7 cm³/mol. The first-order chi connectivity index (χ1) is 13.0. The molecule has 2 aromatic heterocycles. The Bertz CT molecular complexity index is 1090. The van der Waals surface area contributed by atoms with E-state index >= 15 is 0 Å². The molecule has 0 aliphatic heterocycles. The maximum Gasteiger partial charge on any atom is 0.332 e. The quantitative estimate of drug-likeness (QED) is 0.607. The molecule has 0 saturated heterocycles. The molecule has 0 fully saturated rings. The van der Waals surface area contributed by atoms with E-state index in [9.17, 15) is 14.4 Å². The molecule has 3 rings (SSSR count). The zero-order valence-electron chi connectivity index (χ0n) is 15.0. The van der Waals surface area contributed by atoms with E-state index in [2.05, 4.69) is 4.98 Å². The van der Waals surface area contributed by atoms with Gasteiger partial charge in [0.1, 0.15) is 24.3 Å². The smallest absolute Gasteiger partial charge is 0.332 e. The van der Waals surface area contributed by atoms with Gasteiger partial charge in [0.05, 0.1) is 6.61 Å². The largest absolute Gasteiger partial charge is 0.493 e. The number of hydrogen-bond donors (Lipinski definition) is 0. The molecule has 0 radical (unpaired) electrons. The molecule has 0 bridgehead atoms. The Balaban J connectivity index is 1.94. The molecule has 0 N–H and O–H groups in total. The van der Waals surface area contributed by atoms with Crippen LogP contribution in [0.1, 0.15) is 12.5 Å². The first-order valence-electron chi connectivity index (χ1n) is 8.43. The zero-order chi connectivity index (χ0) is 19.4. The topological polar surface area (TPSA) is 92.4 Å². The average Bonchev–Trinajstić information content (AvgIpc) is 2.69. The average molecular weight is 369 g/mol. The number of nitrogens with zero attached hydrogens (tertiary/aromatic N) is 3. The second kappa shape index (κ2) is 7.86. The highest BCUT2D eigenvalue weighted by atomic mass is 16.5. The number of rotatable bonds is 6. The Kier molecular flexibility index (Phi) is 5.35. The highest BCUT2D eigenvalue weighted by Crippen LogP contribution is 2.18. The number of pyridine rings is 1. The molecule has 2 heterocycles. The monoisotopic (exact) mass is 369 g/mol. The Labute approximate surface area is 154 Å². The van der Waals surface area contributed by atoms with Gasteiger partial charge in [0, 0.05) is 13.2 Å². The highest BCUT2D eigenvalue weighted by Gasteiger charge is 2.18. The van der Waals surface area contributed by atoms with Gasteiger partial charge in [0.25, 0.3) is 5.56 Å². The minimum Gasteiger partial charge on any atom is -0.493 e. The molecule has 0 saturated carbocycles. The molecule has 27 heavy (non-hydrogen) atoms. The minimum absolute atomic E-state index is 0.0636. The van der Waals surface area contributed by atoms with Crippen LogP contribution in [0.15, 0.2) is 52.2 Å². The molecular weight excluding hydrogens is 350 g/mol. The van der Waals surface area contributed by atoms with Gasteiger partial charge >= 0.3 is 11.7 Å². The molecule has 0 unspecified atom stereocenters. The number of ether oxygens (including phenoxy) is 2. The van der Waals surface area contributed by atoms with Gasteiger partial charge in [0.2, 0.25) is 0 Å². The van der Waals surface area contributed by atoms with Crippen LogP contribution in [0, 0.1) is 0 Å². The Morgan fingerprint density at radius 3 is 2.59 bits per heavy atom. The van der Waals surface area contributed by atoms with Gasteiger partial charge in [-0.15, -0.1) is 0 Å². The van der Waals surface area contributed by atoms with E-state index < -0.39 is 23.8 Å². The van der Waals surface area contributed by atoms with Crippen molar-refractivity contribution in [3.8, 4) is 5.75 Å². The van der Waals surface area contributed by atoms with Gasteiger partial charge in [-0.3, -0.25) is 14.2 Å². The lowest BCUT2D eigenvalue weighted by molar-refractivity contribution is -0.145. The first-order valence-corrected chi connectivity index (χ1v) is 8.43. The van der Waals surface area contributed by atoms with E-state index in [-0.39, 0.29) is 17.6 Å². The summed E-state index contributed by atoms with van der Waals surface area (Å²) in [7, 11) is 1.48. The molecular formula is C19H19N3O5. The van der Waals surface area contributed by atoms with Crippen LogP contribution in [0.25, 0.3) is 11.0 Å². The Hall–Kier alpha value is -3.42. The summed E-state index contributed by atoms with van der Waals surface area (Å²) in [5.41, 5.74) is -0.274. The van der Waals surface area contributed by atoms with Crippen molar-refractivity contribution in [3.05, 3.63) is 69.0 Å². The molecule has 3 aromatic rings. The van der Waals surface area contributed by atoms with E-state index in [0.717, 1.165) is 10.1 Å². The van der Waals surface area contributed by atoms with E-state index in [4.69, 9.17) is 9.47 Å². The van der Waals surface area contributed by atoms with Gasteiger partial charge in [-0.05, 0) is 18.6 Å². The summed E-state index contributed by atoms with van der Waals surface area (Å²) in [5, 5.41) is 0.150. The lowest BCUT2D eigenvalue weighted by atomic mass is 10.2. The normalized spacial score (nSPS) is 10.7. The fraction of sp³-hybridized carbons (Fsp3) is 0.263. The summed E-state index contributed by atoms with van der Waals surface area (Å²) in [5.74, 6) is -0.367. The molecule has 0 spiro atoms. The highest BCUT2D eigenvalue weighted by molar-refractivity contribution is 5.81. The number of aromatic nitrogens is 3. The third-order valence-corrected chi connectivity index (χ3v) is 4.02. The van der Waals surface area contributed by atoms with Crippen LogP contribution >= 0.6 is 0 Å². The van der Waals surface area contributed by atoms with Crippen molar-refractivity contribution in [3.63, 3.8) is 0 Å². The molecule has 140 valence electrons. The van der Waals surface area contributed by atoms with E-state index in [1.54, 1.807) is 13.0 Å². The third-order valence-electron chi connectivity index (χ3n) is 4.02. The summed E-state index contributed by atoms with van der Waals surface area (Å²) in [4.78, 5) is 41.6. The van der Waals surface area contributed by atoms with Crippen LogP contribution in [0.4, 0.5) is 0 Å². The fourth-order valence-electron chi connectivity index (χ4n) is 2.71. The molecule has 0 aliphatic rings. The van der Waals surface area contributed by atoms with Crippen molar-refractivity contribution in [1.82, 2.24) is 14.1 Å². The van der Waals surface area contributed by atoms with Crippen molar-refractivity contribution in [1.29, 1.82) is 0 Å². The molecule has 8 heteroatoms. The number of esters is 1. The van der Waals surface area contributed by atoms with Crippen molar-refractivity contribution in [2.75, 3.05) is 6.61 Å². The van der Waals surface area contributed by atoms with Gasteiger partial charge in [-0.1, -0.05) is 30.3 Å². The maximum absolute atomic E-state index is 12.8. The lowest BCUT2D eigenvalue weighted by Crippen LogP contribution is -2.41. The fourth-order valence-corrected chi connectivity index (χ4v) is 2.71. The maximum atomic E-state index is 12.8. The number of fused-ring (bicyclic) bond motifs is 1. The van der Waals surface area contributed by atoms with Crippen LogP contribution in [0.2, 0.25) is 0 Å². The number of hydrogen-bond acceptors (Lipinski definition) is 6. The van der Waals surface area contributed by atoms with E-state index in [1.165, 1.54) is 17.8 Å². The zero-order valence-corrected chi connectivity index (χ0v) is 15.0. The summed E-state index contributed by atoms with van der Waals surface area (Å²) < 4.78 is 12.7. The van der Waals surface area contributed by atoms with Crippen molar-refractivity contribution in [2.24, 2.45) is 7.05 Å².